The number of aryl methyl sites for hydroxylation is 1. The number of urea groups is 1. The fourth-order valence-corrected chi connectivity index (χ4v) is 1.71. The van der Waals surface area contributed by atoms with E-state index in [0.29, 0.717) is 10.7 Å². The number of anilines is 1. The fourth-order valence-electron chi connectivity index (χ4n) is 1.48. The third-order valence-electron chi connectivity index (χ3n) is 2.62. The Balaban J connectivity index is 1.95. The van der Waals surface area contributed by atoms with Gasteiger partial charge in [0.25, 0.3) is 0 Å². The minimum atomic E-state index is -0.493. The summed E-state index contributed by atoms with van der Waals surface area (Å²) in [5.74, 6) is -0.179. The zero-order chi connectivity index (χ0) is 12.4. The fraction of sp³-hybridized carbons (Fsp3) is 0.333. The smallest absolute Gasteiger partial charge is 0.307 e. The van der Waals surface area contributed by atoms with Crippen LogP contribution in [0.4, 0.5) is 10.5 Å². The van der Waals surface area contributed by atoms with Gasteiger partial charge in [-0.15, -0.1) is 0 Å². The molecule has 90 valence electrons. The summed E-state index contributed by atoms with van der Waals surface area (Å²) < 4.78 is 0. The lowest BCUT2D eigenvalue weighted by atomic mass is 10.2. The van der Waals surface area contributed by atoms with Crippen LogP contribution >= 0.6 is 11.6 Å². The molecule has 17 heavy (non-hydrogen) atoms. The lowest BCUT2D eigenvalue weighted by Crippen LogP contribution is -2.35. The minimum absolute atomic E-state index is 0.0204. The van der Waals surface area contributed by atoms with E-state index in [1.165, 1.54) is 0 Å². The maximum atomic E-state index is 11.5. The quantitative estimate of drug-likeness (QED) is 0.850. The molecule has 5 heteroatoms. The standard InChI is InChI=1S/C12H13ClN2O2/c1-7-6-9(13)4-5-10(7)14-12(17)15-11(16)8-2-3-8/h4-6,8H,2-3H2,1H3,(H2,14,15,16,17). The lowest BCUT2D eigenvalue weighted by molar-refractivity contribution is -0.121. The summed E-state index contributed by atoms with van der Waals surface area (Å²) in [6, 6.07) is 4.65. The predicted molar refractivity (Wildman–Crippen MR) is 66.1 cm³/mol. The summed E-state index contributed by atoms with van der Waals surface area (Å²) in [6.07, 6.45) is 1.75. The molecule has 4 nitrogen and oxygen atoms in total. The summed E-state index contributed by atoms with van der Waals surface area (Å²) in [5, 5.41) is 5.55. The first-order chi connectivity index (χ1) is 8.06. The summed E-state index contributed by atoms with van der Waals surface area (Å²) >= 11 is 5.81. The summed E-state index contributed by atoms with van der Waals surface area (Å²) in [6.45, 7) is 1.84. The van der Waals surface area contributed by atoms with E-state index in [-0.39, 0.29) is 11.8 Å². The molecule has 1 aromatic rings. The van der Waals surface area contributed by atoms with Crippen molar-refractivity contribution in [2.75, 3.05) is 5.32 Å². The van der Waals surface area contributed by atoms with E-state index in [0.717, 1.165) is 18.4 Å². The third-order valence-corrected chi connectivity index (χ3v) is 2.86. The van der Waals surface area contributed by atoms with E-state index in [2.05, 4.69) is 10.6 Å². The van der Waals surface area contributed by atoms with Crippen LogP contribution in [0, 0.1) is 12.8 Å². The second-order valence-electron chi connectivity index (χ2n) is 4.18. The number of nitrogens with one attached hydrogen (secondary N) is 2. The molecular weight excluding hydrogens is 240 g/mol. The van der Waals surface area contributed by atoms with E-state index in [1.807, 2.05) is 6.92 Å². The van der Waals surface area contributed by atoms with Gasteiger partial charge in [-0.2, -0.15) is 0 Å². The van der Waals surface area contributed by atoms with Gasteiger partial charge in [-0.1, -0.05) is 11.6 Å². The van der Waals surface area contributed by atoms with E-state index >= 15 is 0 Å². The molecule has 0 heterocycles. The first-order valence-corrected chi connectivity index (χ1v) is 5.82. The van der Waals surface area contributed by atoms with Crippen LogP contribution in [0.3, 0.4) is 0 Å². The van der Waals surface area contributed by atoms with Crippen molar-refractivity contribution in [3.63, 3.8) is 0 Å². The van der Waals surface area contributed by atoms with Crippen molar-refractivity contribution in [1.29, 1.82) is 0 Å². The van der Waals surface area contributed by atoms with E-state index in [9.17, 15) is 9.59 Å². The summed E-state index contributed by atoms with van der Waals surface area (Å²) in [5.41, 5.74) is 1.50. The van der Waals surface area contributed by atoms with Crippen molar-refractivity contribution >= 4 is 29.2 Å². The molecule has 3 amide bonds. The highest BCUT2D eigenvalue weighted by Gasteiger charge is 2.30. The number of halogens is 1. The predicted octanol–water partition coefficient (Wildman–Crippen LogP) is 2.71. The molecule has 2 N–H and O–H groups in total. The van der Waals surface area contributed by atoms with Crippen LogP contribution in [-0.2, 0) is 4.79 Å². The highest BCUT2D eigenvalue weighted by atomic mass is 35.5. The first-order valence-electron chi connectivity index (χ1n) is 5.44. The number of carbonyl (C=O) groups excluding carboxylic acids is 2. The molecule has 1 fully saturated rings. The molecule has 0 aromatic heterocycles. The monoisotopic (exact) mass is 252 g/mol. The van der Waals surface area contributed by atoms with Crippen molar-refractivity contribution in [3.8, 4) is 0 Å². The van der Waals surface area contributed by atoms with Gasteiger partial charge in [0.15, 0.2) is 0 Å². The van der Waals surface area contributed by atoms with E-state index < -0.39 is 6.03 Å². The minimum Gasteiger partial charge on any atom is -0.307 e. The number of carbonyl (C=O) groups is 2. The molecular formula is C12H13ClN2O2. The van der Waals surface area contributed by atoms with Crippen LogP contribution in [-0.4, -0.2) is 11.9 Å². The molecule has 0 unspecified atom stereocenters. The number of amides is 3. The molecule has 1 aliphatic carbocycles. The molecule has 1 saturated carbocycles. The normalized spacial score (nSPS) is 14.2. The Kier molecular flexibility index (Phi) is 3.33. The average Bonchev–Trinajstić information content (AvgIpc) is 3.05. The topological polar surface area (TPSA) is 58.2 Å². The van der Waals surface area contributed by atoms with Crippen LogP contribution in [0.15, 0.2) is 18.2 Å². The van der Waals surface area contributed by atoms with Crippen LogP contribution in [0.2, 0.25) is 5.02 Å². The Morgan fingerprint density at radius 1 is 1.35 bits per heavy atom. The Morgan fingerprint density at radius 3 is 2.65 bits per heavy atom. The van der Waals surface area contributed by atoms with Gasteiger partial charge >= 0.3 is 6.03 Å². The van der Waals surface area contributed by atoms with Crippen LogP contribution in [0.1, 0.15) is 18.4 Å². The van der Waals surface area contributed by atoms with Gasteiger partial charge in [0, 0.05) is 16.6 Å². The Labute approximate surface area is 104 Å². The maximum Gasteiger partial charge on any atom is 0.325 e. The molecule has 0 atom stereocenters. The lowest BCUT2D eigenvalue weighted by Gasteiger charge is -2.09. The van der Waals surface area contributed by atoms with E-state index in [4.69, 9.17) is 11.6 Å². The van der Waals surface area contributed by atoms with Gasteiger partial charge < -0.3 is 5.32 Å². The Morgan fingerprint density at radius 2 is 2.06 bits per heavy atom. The first kappa shape index (κ1) is 11.9. The van der Waals surface area contributed by atoms with Gasteiger partial charge in [-0.3, -0.25) is 10.1 Å². The van der Waals surface area contributed by atoms with Crippen LogP contribution in [0.25, 0.3) is 0 Å². The van der Waals surface area contributed by atoms with Crippen molar-refractivity contribution in [2.45, 2.75) is 19.8 Å². The molecule has 2 rings (SSSR count). The van der Waals surface area contributed by atoms with Crippen molar-refractivity contribution in [3.05, 3.63) is 28.8 Å². The van der Waals surface area contributed by atoms with Gasteiger partial charge in [0.1, 0.15) is 0 Å². The van der Waals surface area contributed by atoms with Gasteiger partial charge in [0.2, 0.25) is 5.91 Å². The average molecular weight is 253 g/mol. The molecule has 0 spiro atoms. The molecule has 0 saturated heterocycles. The molecule has 1 aliphatic rings. The maximum absolute atomic E-state index is 11.5. The van der Waals surface area contributed by atoms with E-state index in [1.54, 1.807) is 18.2 Å². The highest BCUT2D eigenvalue weighted by Crippen LogP contribution is 2.28. The highest BCUT2D eigenvalue weighted by molar-refractivity contribution is 6.30. The second-order valence-corrected chi connectivity index (χ2v) is 4.61. The Hall–Kier alpha value is -1.55. The van der Waals surface area contributed by atoms with Gasteiger partial charge in [0.05, 0.1) is 0 Å². The Bertz CT molecular complexity index is 470. The largest absolute Gasteiger partial charge is 0.325 e. The number of imide groups is 1. The van der Waals surface area contributed by atoms with Crippen LogP contribution in [0.5, 0.6) is 0 Å². The number of hydrogen-bond donors (Lipinski definition) is 2. The molecule has 1 aromatic carbocycles. The summed E-state index contributed by atoms with van der Waals surface area (Å²) in [7, 11) is 0. The van der Waals surface area contributed by atoms with Crippen LogP contribution < -0.4 is 10.6 Å². The molecule has 0 aliphatic heterocycles. The zero-order valence-electron chi connectivity index (χ0n) is 9.42. The summed E-state index contributed by atoms with van der Waals surface area (Å²) in [4.78, 5) is 22.9. The zero-order valence-corrected chi connectivity index (χ0v) is 10.2. The van der Waals surface area contributed by atoms with Crippen molar-refractivity contribution in [1.82, 2.24) is 5.32 Å². The molecule has 0 bridgehead atoms. The second kappa shape index (κ2) is 4.75. The third kappa shape index (κ3) is 3.20. The van der Waals surface area contributed by atoms with Gasteiger partial charge in [-0.05, 0) is 43.5 Å². The number of benzene rings is 1. The number of hydrogen-bond acceptors (Lipinski definition) is 2. The number of rotatable bonds is 2. The molecule has 0 radical (unpaired) electrons. The van der Waals surface area contributed by atoms with Crippen molar-refractivity contribution < 1.29 is 9.59 Å². The van der Waals surface area contributed by atoms with Crippen molar-refractivity contribution in [2.24, 2.45) is 5.92 Å². The SMILES string of the molecule is Cc1cc(Cl)ccc1NC(=O)NC(=O)C1CC1. The van der Waals surface area contributed by atoms with Gasteiger partial charge in [-0.25, -0.2) is 4.79 Å².